The fourth-order valence-corrected chi connectivity index (χ4v) is 2.37. The maximum atomic E-state index is 12.1. The SMILES string of the molecule is COc1ccc(CCC(=O)Nc2ccc(C(C)(C)C(=O)O)cc2)cc1. The van der Waals surface area contributed by atoms with Crippen molar-refractivity contribution in [1.82, 2.24) is 0 Å². The number of aryl methyl sites for hydroxylation is 1. The molecule has 132 valence electrons. The van der Waals surface area contributed by atoms with E-state index in [1.54, 1.807) is 45.2 Å². The molecule has 5 heteroatoms. The topological polar surface area (TPSA) is 75.6 Å². The number of nitrogens with one attached hydrogen (secondary N) is 1. The third kappa shape index (κ3) is 4.83. The number of carboxylic acid groups (broad SMARTS) is 1. The van der Waals surface area contributed by atoms with Crippen molar-refractivity contribution in [2.45, 2.75) is 32.1 Å². The van der Waals surface area contributed by atoms with E-state index in [0.717, 1.165) is 11.3 Å². The second kappa shape index (κ2) is 7.83. The molecule has 2 aromatic carbocycles. The minimum absolute atomic E-state index is 0.0823. The number of benzene rings is 2. The average Bonchev–Trinajstić information content (AvgIpc) is 2.60. The zero-order valence-electron chi connectivity index (χ0n) is 14.7. The first kappa shape index (κ1) is 18.5. The van der Waals surface area contributed by atoms with Crippen LogP contribution in [-0.4, -0.2) is 24.1 Å². The molecule has 0 radical (unpaired) electrons. The summed E-state index contributed by atoms with van der Waals surface area (Å²) in [5.41, 5.74) is 1.45. The molecular weight excluding hydrogens is 318 g/mol. The minimum Gasteiger partial charge on any atom is -0.497 e. The molecule has 2 rings (SSSR count). The fraction of sp³-hybridized carbons (Fsp3) is 0.300. The zero-order valence-corrected chi connectivity index (χ0v) is 14.7. The standard InChI is InChI=1S/C20H23NO4/c1-20(2,19(23)24)15-7-9-16(10-8-15)21-18(22)13-6-14-4-11-17(25-3)12-5-14/h4-5,7-12H,6,13H2,1-3H3,(H,21,22)(H,23,24). The number of methoxy groups -OCH3 is 1. The van der Waals surface area contributed by atoms with Gasteiger partial charge in [-0.1, -0.05) is 24.3 Å². The van der Waals surface area contributed by atoms with Crippen LogP contribution in [0.5, 0.6) is 5.75 Å². The van der Waals surface area contributed by atoms with E-state index >= 15 is 0 Å². The predicted molar refractivity (Wildman–Crippen MR) is 97.0 cm³/mol. The van der Waals surface area contributed by atoms with Crippen LogP contribution in [0.3, 0.4) is 0 Å². The normalized spacial score (nSPS) is 11.0. The van der Waals surface area contributed by atoms with E-state index in [0.29, 0.717) is 24.1 Å². The van der Waals surface area contributed by atoms with Crippen LogP contribution in [-0.2, 0) is 21.4 Å². The van der Waals surface area contributed by atoms with E-state index < -0.39 is 11.4 Å². The van der Waals surface area contributed by atoms with Gasteiger partial charge in [0.1, 0.15) is 5.75 Å². The number of hydrogen-bond acceptors (Lipinski definition) is 3. The summed E-state index contributed by atoms with van der Waals surface area (Å²) in [5.74, 6) is -0.178. The maximum Gasteiger partial charge on any atom is 0.313 e. The molecule has 25 heavy (non-hydrogen) atoms. The van der Waals surface area contributed by atoms with Gasteiger partial charge in [0.2, 0.25) is 5.91 Å². The van der Waals surface area contributed by atoms with Crippen LogP contribution in [0.1, 0.15) is 31.4 Å². The predicted octanol–water partition coefficient (Wildman–Crippen LogP) is 3.63. The molecule has 0 bridgehead atoms. The van der Waals surface area contributed by atoms with Crippen molar-refractivity contribution < 1.29 is 19.4 Å². The molecule has 0 atom stereocenters. The first-order valence-corrected chi connectivity index (χ1v) is 8.09. The van der Waals surface area contributed by atoms with E-state index in [4.69, 9.17) is 4.74 Å². The van der Waals surface area contributed by atoms with Crippen LogP contribution < -0.4 is 10.1 Å². The lowest BCUT2D eigenvalue weighted by Gasteiger charge is -2.19. The van der Waals surface area contributed by atoms with Crippen molar-refractivity contribution in [3.05, 3.63) is 59.7 Å². The number of aliphatic carboxylic acids is 1. The van der Waals surface area contributed by atoms with Gasteiger partial charge in [-0.2, -0.15) is 0 Å². The van der Waals surface area contributed by atoms with E-state index in [9.17, 15) is 14.7 Å². The second-order valence-electron chi connectivity index (χ2n) is 6.40. The Bertz CT molecular complexity index is 733. The van der Waals surface area contributed by atoms with Gasteiger partial charge < -0.3 is 15.2 Å². The smallest absolute Gasteiger partial charge is 0.313 e. The third-order valence-electron chi connectivity index (χ3n) is 4.22. The highest BCUT2D eigenvalue weighted by atomic mass is 16.5. The summed E-state index contributed by atoms with van der Waals surface area (Å²) in [7, 11) is 1.62. The molecular formula is C20H23NO4. The summed E-state index contributed by atoms with van der Waals surface area (Å²) in [6.07, 6.45) is 1.01. The Labute approximate surface area is 147 Å². The number of carbonyl (C=O) groups is 2. The highest BCUT2D eigenvalue weighted by Crippen LogP contribution is 2.25. The highest BCUT2D eigenvalue weighted by molar-refractivity contribution is 5.91. The largest absolute Gasteiger partial charge is 0.497 e. The molecule has 0 saturated heterocycles. The van der Waals surface area contributed by atoms with Crippen LogP contribution in [0, 0.1) is 0 Å². The number of hydrogen-bond donors (Lipinski definition) is 2. The summed E-state index contributed by atoms with van der Waals surface area (Å²) in [4.78, 5) is 23.3. The van der Waals surface area contributed by atoms with E-state index in [1.165, 1.54) is 0 Å². The molecule has 0 aliphatic rings. The Morgan fingerprint density at radius 1 is 1.04 bits per heavy atom. The van der Waals surface area contributed by atoms with Gasteiger partial charge in [-0.3, -0.25) is 9.59 Å². The Hall–Kier alpha value is -2.82. The monoisotopic (exact) mass is 341 g/mol. The first-order chi connectivity index (χ1) is 11.8. The van der Waals surface area contributed by atoms with Gasteiger partial charge in [0, 0.05) is 12.1 Å². The van der Waals surface area contributed by atoms with Crippen molar-refractivity contribution in [2.75, 3.05) is 12.4 Å². The van der Waals surface area contributed by atoms with Crippen LogP contribution in [0.25, 0.3) is 0 Å². The fourth-order valence-electron chi connectivity index (χ4n) is 2.37. The summed E-state index contributed by atoms with van der Waals surface area (Å²) in [6, 6.07) is 14.5. The minimum atomic E-state index is -0.961. The third-order valence-corrected chi connectivity index (χ3v) is 4.22. The number of carbonyl (C=O) groups excluding carboxylic acids is 1. The highest BCUT2D eigenvalue weighted by Gasteiger charge is 2.29. The van der Waals surface area contributed by atoms with Crippen LogP contribution in [0.2, 0.25) is 0 Å². The van der Waals surface area contributed by atoms with Gasteiger partial charge in [0.15, 0.2) is 0 Å². The van der Waals surface area contributed by atoms with Crippen molar-refractivity contribution in [1.29, 1.82) is 0 Å². The van der Waals surface area contributed by atoms with Crippen molar-refractivity contribution >= 4 is 17.6 Å². The molecule has 0 aromatic heterocycles. The van der Waals surface area contributed by atoms with Crippen LogP contribution >= 0.6 is 0 Å². The van der Waals surface area contributed by atoms with E-state index in [2.05, 4.69) is 5.32 Å². The Morgan fingerprint density at radius 2 is 1.64 bits per heavy atom. The number of amides is 1. The van der Waals surface area contributed by atoms with Crippen LogP contribution in [0.15, 0.2) is 48.5 Å². The lowest BCUT2D eigenvalue weighted by atomic mass is 9.85. The Balaban J connectivity index is 1.90. The molecule has 0 unspecified atom stereocenters. The van der Waals surface area contributed by atoms with Gasteiger partial charge in [-0.25, -0.2) is 0 Å². The molecule has 0 aliphatic carbocycles. The molecule has 0 spiro atoms. The van der Waals surface area contributed by atoms with Crippen molar-refractivity contribution in [3.8, 4) is 5.75 Å². The summed E-state index contributed by atoms with van der Waals surface area (Å²) < 4.78 is 5.11. The average molecular weight is 341 g/mol. The van der Waals surface area contributed by atoms with Crippen molar-refractivity contribution in [2.24, 2.45) is 0 Å². The van der Waals surface area contributed by atoms with E-state index in [1.807, 2.05) is 24.3 Å². The number of carboxylic acids is 1. The molecule has 2 aromatic rings. The Kier molecular flexibility index (Phi) is 5.80. The summed E-state index contributed by atoms with van der Waals surface area (Å²) in [5, 5.41) is 12.1. The zero-order chi connectivity index (χ0) is 18.4. The van der Waals surface area contributed by atoms with Gasteiger partial charge >= 0.3 is 5.97 Å². The lowest BCUT2D eigenvalue weighted by Crippen LogP contribution is -2.28. The van der Waals surface area contributed by atoms with E-state index in [-0.39, 0.29) is 5.91 Å². The van der Waals surface area contributed by atoms with Crippen molar-refractivity contribution in [3.63, 3.8) is 0 Å². The van der Waals surface area contributed by atoms with Crippen LogP contribution in [0.4, 0.5) is 5.69 Å². The van der Waals surface area contributed by atoms with Gasteiger partial charge in [0.25, 0.3) is 0 Å². The maximum absolute atomic E-state index is 12.1. The summed E-state index contributed by atoms with van der Waals surface area (Å²) in [6.45, 7) is 3.30. The quantitative estimate of drug-likeness (QED) is 0.806. The number of anilines is 1. The van der Waals surface area contributed by atoms with Gasteiger partial charge in [0.05, 0.1) is 12.5 Å². The molecule has 0 aliphatic heterocycles. The number of rotatable bonds is 7. The van der Waals surface area contributed by atoms with Gasteiger partial charge in [-0.05, 0) is 55.7 Å². The van der Waals surface area contributed by atoms with Gasteiger partial charge in [-0.15, -0.1) is 0 Å². The molecule has 1 amide bonds. The Morgan fingerprint density at radius 3 is 2.16 bits per heavy atom. The molecule has 5 nitrogen and oxygen atoms in total. The first-order valence-electron chi connectivity index (χ1n) is 8.09. The summed E-state index contributed by atoms with van der Waals surface area (Å²) >= 11 is 0. The molecule has 2 N–H and O–H groups in total. The molecule has 0 saturated carbocycles. The lowest BCUT2D eigenvalue weighted by molar-refractivity contribution is -0.142. The molecule has 0 fully saturated rings. The molecule has 0 heterocycles. The number of ether oxygens (including phenoxy) is 1. The second-order valence-corrected chi connectivity index (χ2v) is 6.40.